The highest BCUT2D eigenvalue weighted by atomic mass is 19.1. The van der Waals surface area contributed by atoms with Crippen LogP contribution in [0.15, 0.2) is 30.3 Å². The number of carbonyl (C=O) groups excluding carboxylic acids is 1. The molecule has 0 aliphatic carbocycles. The fourth-order valence-corrected chi connectivity index (χ4v) is 2.47. The van der Waals surface area contributed by atoms with Crippen LogP contribution in [0.1, 0.15) is 24.8 Å². The molecular formula is C16H11F2NO5. The van der Waals surface area contributed by atoms with Gasteiger partial charge in [0.1, 0.15) is 11.5 Å². The first-order chi connectivity index (χ1) is 11.3. The van der Waals surface area contributed by atoms with E-state index in [1.807, 2.05) is 6.92 Å². The molecule has 8 heteroatoms. The first-order valence-corrected chi connectivity index (χ1v) is 7.01. The van der Waals surface area contributed by atoms with Gasteiger partial charge in [0.2, 0.25) is 0 Å². The first kappa shape index (κ1) is 15.9. The molecule has 0 amide bonds. The molecular weight excluding hydrogens is 324 g/mol. The average molecular weight is 335 g/mol. The van der Waals surface area contributed by atoms with E-state index in [0.29, 0.717) is 12.1 Å². The number of ether oxygens (including phenoxy) is 2. The monoisotopic (exact) mass is 335 g/mol. The van der Waals surface area contributed by atoms with E-state index in [9.17, 15) is 23.7 Å². The number of halogens is 2. The van der Waals surface area contributed by atoms with Gasteiger partial charge in [-0.25, -0.2) is 8.78 Å². The first-order valence-electron chi connectivity index (χ1n) is 7.01. The van der Waals surface area contributed by atoms with Crippen molar-refractivity contribution in [2.75, 3.05) is 0 Å². The van der Waals surface area contributed by atoms with Gasteiger partial charge in [0, 0.05) is 6.07 Å². The number of nitro groups is 1. The lowest BCUT2D eigenvalue weighted by Crippen LogP contribution is -2.18. The van der Waals surface area contributed by atoms with E-state index in [-0.39, 0.29) is 23.8 Å². The van der Waals surface area contributed by atoms with Gasteiger partial charge in [0.15, 0.2) is 17.4 Å². The van der Waals surface area contributed by atoms with E-state index in [2.05, 4.69) is 0 Å². The molecule has 0 spiro atoms. The number of esters is 1. The van der Waals surface area contributed by atoms with E-state index < -0.39 is 34.0 Å². The zero-order valence-corrected chi connectivity index (χ0v) is 12.4. The molecule has 0 saturated heterocycles. The highest BCUT2D eigenvalue weighted by Crippen LogP contribution is 2.38. The number of hydrogen-bond acceptors (Lipinski definition) is 5. The summed E-state index contributed by atoms with van der Waals surface area (Å²) in [5, 5.41) is 10.6. The summed E-state index contributed by atoms with van der Waals surface area (Å²) in [7, 11) is 0. The van der Waals surface area contributed by atoms with Crippen LogP contribution >= 0.6 is 0 Å². The van der Waals surface area contributed by atoms with Crippen LogP contribution in [0.3, 0.4) is 0 Å². The molecule has 1 aliphatic rings. The van der Waals surface area contributed by atoms with Crippen LogP contribution in [0.4, 0.5) is 14.5 Å². The Labute approximate surface area is 134 Å². The van der Waals surface area contributed by atoms with Gasteiger partial charge in [-0.1, -0.05) is 13.0 Å². The molecule has 1 aliphatic heterocycles. The average Bonchev–Trinajstić information content (AvgIpc) is 2.50. The molecule has 1 unspecified atom stereocenters. The number of nitrogens with zero attached hydrogens (tertiary/aromatic N) is 1. The van der Waals surface area contributed by atoms with Gasteiger partial charge in [-0.05, 0) is 17.5 Å². The van der Waals surface area contributed by atoms with Crippen LogP contribution in [0.2, 0.25) is 0 Å². The third kappa shape index (κ3) is 2.90. The van der Waals surface area contributed by atoms with Crippen LogP contribution in [0.5, 0.6) is 17.2 Å². The maximum Gasteiger partial charge on any atom is 0.311 e. The van der Waals surface area contributed by atoms with Gasteiger partial charge in [-0.15, -0.1) is 0 Å². The van der Waals surface area contributed by atoms with E-state index in [1.54, 1.807) is 6.07 Å². The smallest absolute Gasteiger partial charge is 0.311 e. The molecule has 3 rings (SSSR count). The molecule has 0 aromatic heterocycles. The third-order valence-corrected chi connectivity index (χ3v) is 3.63. The highest BCUT2D eigenvalue weighted by Gasteiger charge is 2.25. The van der Waals surface area contributed by atoms with E-state index >= 15 is 0 Å². The topological polar surface area (TPSA) is 78.7 Å². The summed E-state index contributed by atoms with van der Waals surface area (Å²) in [6, 6.07) is 5.61. The molecule has 2 aromatic carbocycles. The Balaban J connectivity index is 1.94. The Morgan fingerprint density at radius 3 is 2.54 bits per heavy atom. The normalized spacial score (nSPS) is 16.3. The SMILES string of the molecule is CC1CC(=O)Oc2cc(Oc3c(F)cc([N+](=O)[O-])cc3F)ccc21. The van der Waals surface area contributed by atoms with Crippen molar-refractivity contribution in [1.29, 1.82) is 0 Å². The van der Waals surface area contributed by atoms with Crippen molar-refractivity contribution in [3.8, 4) is 17.2 Å². The predicted molar refractivity (Wildman–Crippen MR) is 78.2 cm³/mol. The second-order valence-electron chi connectivity index (χ2n) is 5.38. The summed E-state index contributed by atoms with van der Waals surface area (Å²) >= 11 is 0. The van der Waals surface area contributed by atoms with Crippen molar-refractivity contribution < 1.29 is 28.0 Å². The molecule has 1 atom stereocenters. The van der Waals surface area contributed by atoms with Gasteiger partial charge in [0.25, 0.3) is 5.69 Å². The van der Waals surface area contributed by atoms with Crippen molar-refractivity contribution in [3.63, 3.8) is 0 Å². The molecule has 6 nitrogen and oxygen atoms in total. The van der Waals surface area contributed by atoms with Crippen LogP contribution in [0, 0.1) is 21.7 Å². The maximum atomic E-state index is 13.9. The number of fused-ring (bicyclic) bond motifs is 1. The van der Waals surface area contributed by atoms with Gasteiger partial charge in [0.05, 0.1) is 23.5 Å². The van der Waals surface area contributed by atoms with Crippen LogP contribution in [-0.2, 0) is 4.79 Å². The Morgan fingerprint density at radius 1 is 1.25 bits per heavy atom. The quantitative estimate of drug-likeness (QED) is 0.365. The predicted octanol–water partition coefficient (Wildman–Crippen LogP) is 4.08. The third-order valence-electron chi connectivity index (χ3n) is 3.63. The van der Waals surface area contributed by atoms with Crippen molar-refractivity contribution in [1.82, 2.24) is 0 Å². The largest absolute Gasteiger partial charge is 0.451 e. The summed E-state index contributed by atoms with van der Waals surface area (Å²) in [6.07, 6.45) is 0.249. The van der Waals surface area contributed by atoms with Gasteiger partial charge in [-0.3, -0.25) is 14.9 Å². The van der Waals surface area contributed by atoms with Crippen molar-refractivity contribution >= 4 is 11.7 Å². The Morgan fingerprint density at radius 2 is 1.92 bits per heavy atom. The maximum absolute atomic E-state index is 13.9. The summed E-state index contributed by atoms with van der Waals surface area (Å²) in [4.78, 5) is 21.1. The van der Waals surface area contributed by atoms with Gasteiger partial charge < -0.3 is 9.47 Å². The number of hydrogen-bond donors (Lipinski definition) is 0. The molecule has 0 fully saturated rings. The van der Waals surface area contributed by atoms with E-state index in [1.165, 1.54) is 12.1 Å². The molecule has 0 saturated carbocycles. The Kier molecular flexibility index (Phi) is 3.88. The van der Waals surface area contributed by atoms with Gasteiger partial charge in [-0.2, -0.15) is 0 Å². The van der Waals surface area contributed by atoms with Crippen LogP contribution in [0.25, 0.3) is 0 Å². The molecule has 2 aromatic rings. The van der Waals surface area contributed by atoms with Crippen molar-refractivity contribution in [3.05, 3.63) is 57.6 Å². The lowest BCUT2D eigenvalue weighted by atomic mass is 9.95. The molecule has 24 heavy (non-hydrogen) atoms. The van der Waals surface area contributed by atoms with E-state index in [4.69, 9.17) is 9.47 Å². The fourth-order valence-electron chi connectivity index (χ4n) is 2.47. The number of non-ortho nitro benzene ring substituents is 1. The number of benzene rings is 2. The van der Waals surface area contributed by atoms with Crippen molar-refractivity contribution in [2.24, 2.45) is 0 Å². The second kappa shape index (κ2) is 5.88. The lowest BCUT2D eigenvalue weighted by molar-refractivity contribution is -0.385. The molecule has 0 bridgehead atoms. The fraction of sp³-hybridized carbons (Fsp3) is 0.188. The highest BCUT2D eigenvalue weighted by molar-refractivity contribution is 5.76. The van der Waals surface area contributed by atoms with Gasteiger partial charge >= 0.3 is 5.97 Å². The summed E-state index contributed by atoms with van der Waals surface area (Å²) in [5.74, 6) is -3.31. The zero-order valence-electron chi connectivity index (χ0n) is 12.4. The minimum atomic E-state index is -1.20. The molecule has 0 radical (unpaired) electrons. The summed E-state index contributed by atoms with van der Waals surface area (Å²) in [6.45, 7) is 1.86. The number of nitro benzene ring substituents is 1. The van der Waals surface area contributed by atoms with E-state index in [0.717, 1.165) is 5.56 Å². The summed E-state index contributed by atoms with van der Waals surface area (Å²) in [5.41, 5.74) is 0.0668. The molecule has 124 valence electrons. The zero-order chi connectivity index (χ0) is 17.4. The standard InChI is InChI=1S/C16H11F2NO5/c1-8-4-15(20)24-14-7-10(2-3-11(8)14)23-16-12(17)5-9(19(21)22)6-13(16)18/h2-3,5-8H,4H2,1H3. The minimum Gasteiger partial charge on any atom is -0.451 e. The summed E-state index contributed by atoms with van der Waals surface area (Å²) < 4.78 is 38.0. The van der Waals surface area contributed by atoms with Crippen molar-refractivity contribution in [2.45, 2.75) is 19.3 Å². The number of carbonyl (C=O) groups is 1. The number of rotatable bonds is 3. The Bertz CT molecular complexity index is 829. The minimum absolute atomic E-state index is 0.0388. The second-order valence-corrected chi connectivity index (χ2v) is 5.38. The van der Waals surface area contributed by atoms with Crippen LogP contribution in [-0.4, -0.2) is 10.9 Å². The Hall–Kier alpha value is -3.03. The van der Waals surface area contributed by atoms with Crippen LogP contribution < -0.4 is 9.47 Å². The molecule has 0 N–H and O–H groups in total. The molecule has 1 heterocycles. The lowest BCUT2D eigenvalue weighted by Gasteiger charge is -2.21.